The number of aromatic nitrogens is 4. The van der Waals surface area contributed by atoms with Crippen LogP contribution >= 0.6 is 0 Å². The van der Waals surface area contributed by atoms with E-state index in [0.717, 1.165) is 11.3 Å². The Kier molecular flexibility index (Phi) is 1.77. The molecule has 0 unspecified atom stereocenters. The number of H-pyrrole nitrogens is 2. The van der Waals surface area contributed by atoms with Crippen molar-refractivity contribution in [2.75, 3.05) is 5.73 Å². The second kappa shape index (κ2) is 2.83. The van der Waals surface area contributed by atoms with E-state index in [4.69, 9.17) is 5.73 Å². The van der Waals surface area contributed by atoms with Crippen molar-refractivity contribution in [3.8, 4) is 11.4 Å². The Morgan fingerprint density at radius 2 is 1.93 bits per heavy atom. The summed E-state index contributed by atoms with van der Waals surface area (Å²) in [6.07, 6.45) is 0. The summed E-state index contributed by atoms with van der Waals surface area (Å²) in [5.41, 5.74) is 7.80. The largest absolute Gasteiger partial charge is 0.380 e. The highest BCUT2D eigenvalue weighted by Gasteiger charge is 2.17. The monoisotopic (exact) mass is 195 g/mol. The average Bonchev–Trinajstić information content (AvgIpc) is 2.63. The first kappa shape index (κ1) is 8.74. The molecule has 5 nitrogen and oxygen atoms in total. The minimum Gasteiger partial charge on any atom is -0.380 e. The van der Waals surface area contributed by atoms with Crippen LogP contribution in [0.5, 0.6) is 0 Å². The maximum absolute atomic E-state index is 13.4. The van der Waals surface area contributed by atoms with Gasteiger partial charge in [-0.15, -0.1) is 0 Å². The number of nitrogens with one attached hydrogen (secondary N) is 2. The number of aryl methyl sites for hydroxylation is 1. The Bertz CT molecular complexity index is 426. The first-order chi connectivity index (χ1) is 6.61. The summed E-state index contributed by atoms with van der Waals surface area (Å²) in [5, 5.41) is 12.8. The standard InChI is InChI=1S/C8H10FN5/c1-3-4(2)11-12-6(3)7-5(9)8(10)14-13-7/h1-2H3,(H,11,12)(H3,10,13,14). The fraction of sp³-hybridized carbons (Fsp3) is 0.250. The zero-order chi connectivity index (χ0) is 10.3. The van der Waals surface area contributed by atoms with Gasteiger partial charge in [-0.3, -0.25) is 10.2 Å². The third-order valence-electron chi connectivity index (χ3n) is 2.22. The smallest absolute Gasteiger partial charge is 0.194 e. The number of hydrogen-bond acceptors (Lipinski definition) is 3. The SMILES string of the molecule is Cc1[nH]nc(-c2[nH]nc(N)c2F)c1C. The van der Waals surface area contributed by atoms with Crippen molar-refractivity contribution in [2.45, 2.75) is 13.8 Å². The highest BCUT2D eigenvalue weighted by Crippen LogP contribution is 2.25. The van der Waals surface area contributed by atoms with Gasteiger partial charge in [0.25, 0.3) is 0 Å². The van der Waals surface area contributed by atoms with Gasteiger partial charge >= 0.3 is 0 Å². The zero-order valence-corrected chi connectivity index (χ0v) is 7.85. The van der Waals surface area contributed by atoms with E-state index in [-0.39, 0.29) is 11.5 Å². The lowest BCUT2D eigenvalue weighted by Gasteiger charge is -1.93. The zero-order valence-electron chi connectivity index (χ0n) is 7.85. The lowest BCUT2D eigenvalue weighted by Crippen LogP contribution is -1.88. The van der Waals surface area contributed by atoms with Gasteiger partial charge in [-0.25, -0.2) is 4.39 Å². The predicted molar refractivity (Wildman–Crippen MR) is 50.0 cm³/mol. The summed E-state index contributed by atoms with van der Waals surface area (Å²) in [4.78, 5) is 0. The van der Waals surface area contributed by atoms with Gasteiger partial charge in [-0.05, 0) is 19.4 Å². The maximum Gasteiger partial charge on any atom is 0.194 e. The van der Waals surface area contributed by atoms with Crippen LogP contribution in [0, 0.1) is 19.7 Å². The van der Waals surface area contributed by atoms with Crippen LogP contribution in [0.3, 0.4) is 0 Å². The lowest BCUT2D eigenvalue weighted by molar-refractivity contribution is 0.636. The summed E-state index contributed by atoms with van der Waals surface area (Å²) in [5.74, 6) is -0.695. The minimum absolute atomic E-state index is 0.139. The molecule has 4 N–H and O–H groups in total. The van der Waals surface area contributed by atoms with Crippen molar-refractivity contribution < 1.29 is 4.39 Å². The fourth-order valence-electron chi connectivity index (χ4n) is 1.23. The summed E-state index contributed by atoms with van der Waals surface area (Å²) >= 11 is 0. The maximum atomic E-state index is 13.4. The molecule has 0 bridgehead atoms. The van der Waals surface area contributed by atoms with Crippen molar-refractivity contribution in [3.63, 3.8) is 0 Å². The van der Waals surface area contributed by atoms with Crippen molar-refractivity contribution in [2.24, 2.45) is 0 Å². The fourth-order valence-corrected chi connectivity index (χ4v) is 1.23. The molecule has 6 heteroatoms. The van der Waals surface area contributed by atoms with Crippen molar-refractivity contribution in [1.29, 1.82) is 0 Å². The van der Waals surface area contributed by atoms with Gasteiger partial charge in [0, 0.05) is 5.69 Å². The first-order valence-corrected chi connectivity index (χ1v) is 4.12. The number of anilines is 1. The molecule has 2 aromatic rings. The Labute approximate surface area is 79.5 Å². The lowest BCUT2D eigenvalue weighted by atomic mass is 10.1. The van der Waals surface area contributed by atoms with E-state index in [2.05, 4.69) is 20.4 Å². The van der Waals surface area contributed by atoms with Gasteiger partial charge in [-0.1, -0.05) is 0 Å². The van der Waals surface area contributed by atoms with Gasteiger partial charge in [-0.2, -0.15) is 10.2 Å². The minimum atomic E-state index is -0.556. The third kappa shape index (κ3) is 1.07. The Balaban J connectivity index is 2.60. The molecule has 0 fully saturated rings. The molecule has 0 aromatic carbocycles. The number of halogens is 1. The third-order valence-corrected chi connectivity index (χ3v) is 2.22. The van der Waals surface area contributed by atoms with E-state index in [1.807, 2.05) is 13.8 Å². The summed E-state index contributed by atoms with van der Waals surface area (Å²) in [7, 11) is 0. The highest BCUT2D eigenvalue weighted by atomic mass is 19.1. The average molecular weight is 195 g/mol. The normalized spacial score (nSPS) is 10.8. The van der Waals surface area contributed by atoms with Crippen LogP contribution < -0.4 is 5.73 Å². The number of rotatable bonds is 1. The second-order valence-corrected chi connectivity index (χ2v) is 3.12. The predicted octanol–water partition coefficient (Wildman–Crippen LogP) is 1.14. The quantitative estimate of drug-likeness (QED) is 0.638. The van der Waals surface area contributed by atoms with E-state index in [1.165, 1.54) is 0 Å². The summed E-state index contributed by atoms with van der Waals surface area (Å²) < 4.78 is 13.4. The van der Waals surface area contributed by atoms with E-state index in [9.17, 15) is 4.39 Å². The van der Waals surface area contributed by atoms with Crippen LogP contribution in [-0.4, -0.2) is 20.4 Å². The van der Waals surface area contributed by atoms with Crippen molar-refractivity contribution >= 4 is 5.82 Å². The van der Waals surface area contributed by atoms with Gasteiger partial charge in [0.15, 0.2) is 11.6 Å². The molecule has 0 saturated carbocycles. The topological polar surface area (TPSA) is 83.4 Å². The Morgan fingerprint density at radius 3 is 2.36 bits per heavy atom. The number of nitrogens with two attached hydrogens (primary N) is 1. The summed E-state index contributed by atoms with van der Waals surface area (Å²) in [6, 6.07) is 0. The molecule has 0 aliphatic carbocycles. The molecular weight excluding hydrogens is 185 g/mol. The number of hydrogen-bond donors (Lipinski definition) is 3. The highest BCUT2D eigenvalue weighted by molar-refractivity contribution is 5.63. The van der Waals surface area contributed by atoms with Gasteiger partial charge in [0.1, 0.15) is 11.4 Å². The molecule has 74 valence electrons. The molecule has 2 aromatic heterocycles. The summed E-state index contributed by atoms with van der Waals surface area (Å²) in [6.45, 7) is 3.72. The van der Waals surface area contributed by atoms with Gasteiger partial charge < -0.3 is 5.73 Å². The number of aromatic amines is 2. The molecule has 0 amide bonds. The molecule has 0 radical (unpaired) electrons. The van der Waals surface area contributed by atoms with Crippen LogP contribution in [0.25, 0.3) is 11.4 Å². The molecular formula is C8H10FN5. The van der Waals surface area contributed by atoms with Crippen LogP contribution in [0.2, 0.25) is 0 Å². The molecule has 2 heterocycles. The van der Waals surface area contributed by atoms with Crippen molar-refractivity contribution in [1.82, 2.24) is 20.4 Å². The molecule has 0 atom stereocenters. The van der Waals surface area contributed by atoms with Crippen molar-refractivity contribution in [3.05, 3.63) is 17.1 Å². The molecule has 0 spiro atoms. The van der Waals surface area contributed by atoms with E-state index >= 15 is 0 Å². The number of nitrogen functional groups attached to an aromatic ring is 1. The molecule has 0 aliphatic heterocycles. The molecule has 2 rings (SSSR count). The second-order valence-electron chi connectivity index (χ2n) is 3.12. The van der Waals surface area contributed by atoms with Gasteiger partial charge in [0.2, 0.25) is 0 Å². The van der Waals surface area contributed by atoms with Crippen LogP contribution in [-0.2, 0) is 0 Å². The first-order valence-electron chi connectivity index (χ1n) is 4.12. The van der Waals surface area contributed by atoms with Crippen LogP contribution in [0.4, 0.5) is 10.2 Å². The van der Waals surface area contributed by atoms with Gasteiger partial charge in [0.05, 0.1) is 0 Å². The molecule has 0 aliphatic rings. The Morgan fingerprint density at radius 1 is 1.21 bits per heavy atom. The van der Waals surface area contributed by atoms with Crippen LogP contribution in [0.1, 0.15) is 11.3 Å². The molecule has 0 saturated heterocycles. The van der Waals surface area contributed by atoms with E-state index in [1.54, 1.807) is 0 Å². The van der Waals surface area contributed by atoms with E-state index in [0.29, 0.717) is 5.69 Å². The molecule has 14 heavy (non-hydrogen) atoms. The Hall–Kier alpha value is -1.85. The van der Waals surface area contributed by atoms with Crippen LogP contribution in [0.15, 0.2) is 0 Å². The van der Waals surface area contributed by atoms with E-state index < -0.39 is 5.82 Å². The number of nitrogens with zero attached hydrogens (tertiary/aromatic N) is 2.